The van der Waals surface area contributed by atoms with Crippen LogP contribution in [0.1, 0.15) is 11.1 Å². The zero-order valence-corrected chi connectivity index (χ0v) is 14.3. The zero-order valence-electron chi connectivity index (χ0n) is 13.5. The molecule has 2 aromatic carbocycles. The van der Waals surface area contributed by atoms with E-state index in [1.54, 1.807) is 18.2 Å². The summed E-state index contributed by atoms with van der Waals surface area (Å²) in [5.74, 6) is 0. The summed E-state index contributed by atoms with van der Waals surface area (Å²) in [6.45, 7) is 4.23. The molecular formula is C18H19N3O2S. The molecule has 0 saturated carbocycles. The van der Waals surface area contributed by atoms with Gasteiger partial charge >= 0.3 is 0 Å². The van der Waals surface area contributed by atoms with Gasteiger partial charge in [0.2, 0.25) is 10.0 Å². The molecule has 24 heavy (non-hydrogen) atoms. The lowest BCUT2D eigenvalue weighted by Gasteiger charge is -2.35. The fraction of sp³-hybridized carbons (Fsp3) is 0.278. The van der Waals surface area contributed by atoms with Crippen LogP contribution in [0.4, 0.5) is 5.69 Å². The van der Waals surface area contributed by atoms with Gasteiger partial charge in [0.1, 0.15) is 0 Å². The largest absolute Gasteiger partial charge is 0.369 e. The number of hydrogen-bond acceptors (Lipinski definition) is 4. The Labute approximate surface area is 142 Å². The minimum Gasteiger partial charge on any atom is -0.369 e. The van der Waals surface area contributed by atoms with Crippen molar-refractivity contribution in [3.05, 3.63) is 59.7 Å². The van der Waals surface area contributed by atoms with Crippen LogP contribution in [-0.4, -0.2) is 38.9 Å². The summed E-state index contributed by atoms with van der Waals surface area (Å²) in [6, 6.07) is 16.4. The first-order valence-electron chi connectivity index (χ1n) is 7.82. The molecule has 0 aromatic heterocycles. The van der Waals surface area contributed by atoms with E-state index in [0.29, 0.717) is 31.7 Å². The van der Waals surface area contributed by atoms with Gasteiger partial charge in [-0.15, -0.1) is 0 Å². The van der Waals surface area contributed by atoms with Crippen molar-refractivity contribution < 1.29 is 8.42 Å². The van der Waals surface area contributed by atoms with E-state index >= 15 is 0 Å². The van der Waals surface area contributed by atoms with Gasteiger partial charge in [-0.3, -0.25) is 0 Å². The van der Waals surface area contributed by atoms with Gasteiger partial charge < -0.3 is 4.90 Å². The SMILES string of the molecule is Cc1cccc(N2CCN(S(=O)(=O)c3cccc(C#N)c3)CC2)c1. The summed E-state index contributed by atoms with van der Waals surface area (Å²) in [7, 11) is -3.55. The van der Waals surface area contributed by atoms with E-state index in [0.717, 1.165) is 5.69 Å². The smallest absolute Gasteiger partial charge is 0.243 e. The van der Waals surface area contributed by atoms with Crippen molar-refractivity contribution in [3.8, 4) is 6.07 Å². The van der Waals surface area contributed by atoms with Crippen LogP contribution in [0.15, 0.2) is 53.4 Å². The summed E-state index contributed by atoms with van der Waals surface area (Å²) in [6.07, 6.45) is 0. The van der Waals surface area contributed by atoms with Gasteiger partial charge in [-0.2, -0.15) is 9.57 Å². The third kappa shape index (κ3) is 3.28. The van der Waals surface area contributed by atoms with Crippen molar-refractivity contribution in [2.75, 3.05) is 31.1 Å². The predicted octanol–water partition coefficient (Wildman–Crippen LogP) is 2.38. The fourth-order valence-corrected chi connectivity index (χ4v) is 4.36. The van der Waals surface area contributed by atoms with E-state index < -0.39 is 10.0 Å². The normalized spacial score (nSPS) is 15.9. The number of aryl methyl sites for hydroxylation is 1. The summed E-state index contributed by atoms with van der Waals surface area (Å²) in [4.78, 5) is 2.38. The highest BCUT2D eigenvalue weighted by atomic mass is 32.2. The Hall–Kier alpha value is -2.36. The van der Waals surface area contributed by atoms with Crippen molar-refractivity contribution >= 4 is 15.7 Å². The van der Waals surface area contributed by atoms with Crippen LogP contribution in [-0.2, 0) is 10.0 Å². The Kier molecular flexibility index (Phi) is 4.56. The highest BCUT2D eigenvalue weighted by molar-refractivity contribution is 7.89. The van der Waals surface area contributed by atoms with Crippen molar-refractivity contribution in [1.82, 2.24) is 4.31 Å². The monoisotopic (exact) mass is 341 g/mol. The number of anilines is 1. The van der Waals surface area contributed by atoms with Crippen LogP contribution in [0.25, 0.3) is 0 Å². The molecule has 1 heterocycles. The third-order valence-corrected chi connectivity index (χ3v) is 6.10. The maximum absolute atomic E-state index is 12.8. The van der Waals surface area contributed by atoms with Crippen molar-refractivity contribution in [2.24, 2.45) is 0 Å². The van der Waals surface area contributed by atoms with Gasteiger partial charge in [-0.1, -0.05) is 18.2 Å². The minimum atomic E-state index is -3.55. The molecule has 1 aliphatic rings. The summed E-state index contributed by atoms with van der Waals surface area (Å²) < 4.78 is 27.0. The van der Waals surface area contributed by atoms with Crippen LogP contribution in [0.3, 0.4) is 0 Å². The third-order valence-electron chi connectivity index (χ3n) is 4.21. The number of nitrogens with zero attached hydrogens (tertiary/aromatic N) is 3. The molecule has 1 fully saturated rings. The lowest BCUT2D eigenvalue weighted by molar-refractivity contribution is 0.385. The molecule has 6 heteroatoms. The van der Waals surface area contributed by atoms with Crippen LogP contribution < -0.4 is 4.90 Å². The highest BCUT2D eigenvalue weighted by Gasteiger charge is 2.28. The van der Waals surface area contributed by atoms with Gasteiger partial charge in [0.15, 0.2) is 0 Å². The molecular weight excluding hydrogens is 322 g/mol. The molecule has 0 amide bonds. The molecule has 0 N–H and O–H groups in total. The predicted molar refractivity (Wildman–Crippen MR) is 93.3 cm³/mol. The molecule has 0 aliphatic carbocycles. The van der Waals surface area contributed by atoms with E-state index in [4.69, 9.17) is 5.26 Å². The molecule has 1 saturated heterocycles. The van der Waals surface area contributed by atoms with E-state index in [-0.39, 0.29) is 4.90 Å². The highest BCUT2D eigenvalue weighted by Crippen LogP contribution is 2.22. The van der Waals surface area contributed by atoms with E-state index in [1.165, 1.54) is 15.9 Å². The van der Waals surface area contributed by atoms with Gasteiger partial charge in [0.05, 0.1) is 16.5 Å². The summed E-state index contributed by atoms with van der Waals surface area (Å²) >= 11 is 0. The summed E-state index contributed by atoms with van der Waals surface area (Å²) in [5, 5.41) is 8.96. The lowest BCUT2D eigenvalue weighted by Crippen LogP contribution is -2.48. The minimum absolute atomic E-state index is 0.186. The number of rotatable bonds is 3. The van der Waals surface area contributed by atoms with E-state index in [9.17, 15) is 8.42 Å². The topological polar surface area (TPSA) is 64.4 Å². The molecule has 5 nitrogen and oxygen atoms in total. The molecule has 0 unspecified atom stereocenters. The van der Waals surface area contributed by atoms with E-state index in [1.807, 2.05) is 31.2 Å². The molecule has 0 radical (unpaired) electrons. The molecule has 124 valence electrons. The Bertz CT molecular complexity index is 879. The maximum atomic E-state index is 12.8. The second-order valence-corrected chi connectivity index (χ2v) is 7.81. The van der Waals surface area contributed by atoms with Crippen molar-refractivity contribution in [1.29, 1.82) is 5.26 Å². The van der Waals surface area contributed by atoms with Crippen molar-refractivity contribution in [3.63, 3.8) is 0 Å². The van der Waals surface area contributed by atoms with Gasteiger partial charge in [-0.05, 0) is 42.8 Å². The molecule has 0 spiro atoms. The average molecular weight is 341 g/mol. The van der Waals surface area contributed by atoms with Crippen LogP contribution in [0, 0.1) is 18.3 Å². The first-order chi connectivity index (χ1) is 11.5. The van der Waals surface area contributed by atoms with Gasteiger partial charge in [0.25, 0.3) is 0 Å². The standard InChI is InChI=1S/C18H19N3O2S/c1-15-4-2-6-17(12-15)20-8-10-21(11-9-20)24(22,23)18-7-3-5-16(13-18)14-19/h2-7,12-13H,8-11H2,1H3. The van der Waals surface area contributed by atoms with Crippen LogP contribution >= 0.6 is 0 Å². The van der Waals surface area contributed by atoms with Crippen LogP contribution in [0.2, 0.25) is 0 Å². The summed E-state index contributed by atoms with van der Waals surface area (Å²) in [5.41, 5.74) is 2.67. The van der Waals surface area contributed by atoms with Crippen molar-refractivity contribution in [2.45, 2.75) is 11.8 Å². The molecule has 0 atom stereocenters. The molecule has 1 aliphatic heterocycles. The Balaban J connectivity index is 1.75. The first-order valence-corrected chi connectivity index (χ1v) is 9.26. The number of nitriles is 1. The second kappa shape index (κ2) is 6.63. The zero-order chi connectivity index (χ0) is 17.2. The number of piperazine rings is 1. The molecule has 2 aromatic rings. The lowest BCUT2D eigenvalue weighted by atomic mass is 10.2. The Morgan fingerprint density at radius 2 is 1.71 bits per heavy atom. The Morgan fingerprint density at radius 3 is 2.38 bits per heavy atom. The number of benzene rings is 2. The second-order valence-electron chi connectivity index (χ2n) is 5.87. The quantitative estimate of drug-likeness (QED) is 0.860. The number of hydrogen-bond donors (Lipinski definition) is 0. The fourth-order valence-electron chi connectivity index (χ4n) is 2.89. The maximum Gasteiger partial charge on any atom is 0.243 e. The first kappa shape index (κ1) is 16.5. The van der Waals surface area contributed by atoms with Gasteiger partial charge in [-0.25, -0.2) is 8.42 Å². The molecule has 0 bridgehead atoms. The van der Waals surface area contributed by atoms with Gasteiger partial charge in [0, 0.05) is 31.9 Å². The van der Waals surface area contributed by atoms with Crippen LogP contribution in [0.5, 0.6) is 0 Å². The number of sulfonamides is 1. The van der Waals surface area contributed by atoms with E-state index in [2.05, 4.69) is 11.0 Å². The average Bonchev–Trinajstić information content (AvgIpc) is 2.62. The Morgan fingerprint density at radius 1 is 1.00 bits per heavy atom. The molecule has 3 rings (SSSR count).